The fourth-order valence-electron chi connectivity index (χ4n) is 4.98. The molecule has 30 heavy (non-hydrogen) atoms. The number of halogens is 2. The molecular formula is C20H27Cl2N3O4S. The maximum Gasteiger partial charge on any atom is 0.227 e. The number of fused-ring (bicyclic) bond motifs is 1. The van der Waals surface area contributed by atoms with Crippen molar-refractivity contribution in [3.63, 3.8) is 0 Å². The van der Waals surface area contributed by atoms with E-state index in [1.165, 1.54) is 10.6 Å². The Bertz CT molecular complexity index is 907. The van der Waals surface area contributed by atoms with E-state index in [9.17, 15) is 13.2 Å². The van der Waals surface area contributed by atoms with Crippen molar-refractivity contribution in [2.45, 2.75) is 37.4 Å². The fourth-order valence-corrected chi connectivity index (χ4v) is 6.39. The molecule has 0 aromatic heterocycles. The van der Waals surface area contributed by atoms with E-state index in [4.69, 9.17) is 27.9 Å². The number of likely N-dealkylation sites (tertiary alicyclic amines) is 1. The van der Waals surface area contributed by atoms with Gasteiger partial charge in [0.1, 0.15) is 0 Å². The van der Waals surface area contributed by atoms with E-state index in [0.29, 0.717) is 29.8 Å². The van der Waals surface area contributed by atoms with Gasteiger partial charge in [0.25, 0.3) is 0 Å². The minimum absolute atomic E-state index is 0.00597. The Morgan fingerprint density at radius 3 is 2.43 bits per heavy atom. The first-order chi connectivity index (χ1) is 14.3. The van der Waals surface area contributed by atoms with Crippen LogP contribution in [0.3, 0.4) is 0 Å². The number of carbonyl (C=O) groups is 1. The summed E-state index contributed by atoms with van der Waals surface area (Å²) in [5.41, 5.74) is 0.793. The zero-order valence-electron chi connectivity index (χ0n) is 17.0. The van der Waals surface area contributed by atoms with Crippen molar-refractivity contribution >= 4 is 39.1 Å². The summed E-state index contributed by atoms with van der Waals surface area (Å²) < 4.78 is 32.2. The predicted octanol–water partition coefficient (Wildman–Crippen LogP) is 1.87. The Kier molecular flexibility index (Phi) is 6.63. The lowest BCUT2D eigenvalue weighted by Crippen LogP contribution is -2.72. The van der Waals surface area contributed by atoms with E-state index in [2.05, 4.69) is 4.90 Å². The average molecular weight is 476 g/mol. The largest absolute Gasteiger partial charge is 0.378 e. The van der Waals surface area contributed by atoms with Gasteiger partial charge in [-0.05, 0) is 43.6 Å². The van der Waals surface area contributed by atoms with Crippen molar-refractivity contribution in [3.05, 3.63) is 33.8 Å². The van der Waals surface area contributed by atoms with E-state index in [0.717, 1.165) is 31.5 Å². The topological polar surface area (TPSA) is 70.2 Å². The second kappa shape index (κ2) is 8.92. The highest BCUT2D eigenvalue weighted by Gasteiger charge is 2.50. The molecule has 3 aliphatic rings. The van der Waals surface area contributed by atoms with Gasteiger partial charge < -0.3 is 9.64 Å². The normalized spacial score (nSPS) is 28.5. The average Bonchev–Trinajstić information content (AvgIpc) is 3.23. The summed E-state index contributed by atoms with van der Waals surface area (Å²) in [4.78, 5) is 17.6. The second-order valence-electron chi connectivity index (χ2n) is 8.29. The van der Waals surface area contributed by atoms with Crippen molar-refractivity contribution in [2.24, 2.45) is 0 Å². The molecule has 7 nitrogen and oxygen atoms in total. The molecule has 3 aliphatic heterocycles. The van der Waals surface area contributed by atoms with E-state index < -0.39 is 10.0 Å². The maximum atomic E-state index is 13.4. The van der Waals surface area contributed by atoms with Crippen LogP contribution in [0.15, 0.2) is 18.2 Å². The Hall–Kier alpha value is -0.900. The summed E-state index contributed by atoms with van der Waals surface area (Å²) >= 11 is 12.1. The molecule has 3 atom stereocenters. The molecule has 0 N–H and O–H groups in total. The van der Waals surface area contributed by atoms with Gasteiger partial charge in [0.15, 0.2) is 0 Å². The third-order valence-electron chi connectivity index (χ3n) is 6.35. The summed E-state index contributed by atoms with van der Waals surface area (Å²) in [7, 11) is -3.40. The third kappa shape index (κ3) is 4.49. The van der Waals surface area contributed by atoms with E-state index in [1.54, 1.807) is 18.2 Å². The lowest BCUT2D eigenvalue weighted by atomic mass is 9.92. The standard InChI is InChI=1S/C20H27Cl2N3O4S/c1-30(27,28)25-9-8-24(19(26)11-14-4-5-15(21)16(22)10-14)20-17(12-29-13-18(20)25)23-6-2-3-7-23/h4-5,10,17-18,20H,2-3,6-9,11-13H2,1H3/t17-,18?,20?/m0/s1. The number of ether oxygens (including phenoxy) is 1. The first kappa shape index (κ1) is 22.3. The molecule has 1 aromatic rings. The summed E-state index contributed by atoms with van der Waals surface area (Å²) in [6.45, 7) is 3.37. The van der Waals surface area contributed by atoms with Gasteiger partial charge in [-0.1, -0.05) is 29.3 Å². The number of rotatable bonds is 4. The maximum absolute atomic E-state index is 13.4. The minimum atomic E-state index is -3.40. The van der Waals surface area contributed by atoms with Gasteiger partial charge in [0, 0.05) is 13.1 Å². The number of hydrogen-bond acceptors (Lipinski definition) is 5. The predicted molar refractivity (Wildman–Crippen MR) is 116 cm³/mol. The number of amides is 1. The number of benzene rings is 1. The van der Waals surface area contributed by atoms with Crippen LogP contribution in [0.4, 0.5) is 0 Å². The molecule has 3 heterocycles. The number of carbonyl (C=O) groups excluding carboxylic acids is 1. The van der Waals surface area contributed by atoms with Crippen molar-refractivity contribution in [2.75, 3.05) is 45.6 Å². The third-order valence-corrected chi connectivity index (χ3v) is 8.40. The Balaban J connectivity index is 1.62. The van der Waals surface area contributed by atoms with Crippen molar-refractivity contribution in [1.82, 2.24) is 14.1 Å². The smallest absolute Gasteiger partial charge is 0.227 e. The van der Waals surface area contributed by atoms with Crippen molar-refractivity contribution in [1.29, 1.82) is 0 Å². The number of sulfonamides is 1. The van der Waals surface area contributed by atoms with E-state index in [-0.39, 0.29) is 37.0 Å². The van der Waals surface area contributed by atoms with Gasteiger partial charge in [-0.25, -0.2) is 8.42 Å². The Morgan fingerprint density at radius 1 is 1.07 bits per heavy atom. The summed E-state index contributed by atoms with van der Waals surface area (Å²) in [6, 6.07) is 4.61. The first-order valence-electron chi connectivity index (χ1n) is 10.3. The van der Waals surface area contributed by atoms with Gasteiger partial charge in [-0.2, -0.15) is 4.31 Å². The highest BCUT2D eigenvalue weighted by Crippen LogP contribution is 2.31. The molecule has 3 saturated heterocycles. The van der Waals surface area contributed by atoms with Gasteiger partial charge >= 0.3 is 0 Å². The Morgan fingerprint density at radius 2 is 1.77 bits per heavy atom. The molecule has 4 rings (SSSR count). The molecule has 0 bridgehead atoms. The van der Waals surface area contributed by atoms with Crippen LogP contribution >= 0.6 is 23.2 Å². The molecule has 0 aliphatic carbocycles. The minimum Gasteiger partial charge on any atom is -0.378 e. The van der Waals surface area contributed by atoms with Crippen LogP contribution in [-0.2, 0) is 26.0 Å². The van der Waals surface area contributed by atoms with Crippen molar-refractivity contribution < 1.29 is 17.9 Å². The molecule has 166 valence electrons. The summed E-state index contributed by atoms with van der Waals surface area (Å²) in [5, 5.41) is 0.871. The van der Waals surface area contributed by atoms with Crippen LogP contribution in [0.25, 0.3) is 0 Å². The quantitative estimate of drug-likeness (QED) is 0.664. The zero-order valence-corrected chi connectivity index (χ0v) is 19.3. The van der Waals surface area contributed by atoms with E-state index in [1.807, 2.05) is 4.90 Å². The van der Waals surface area contributed by atoms with Crippen LogP contribution in [0, 0.1) is 0 Å². The van der Waals surface area contributed by atoms with Crippen molar-refractivity contribution in [3.8, 4) is 0 Å². The van der Waals surface area contributed by atoms with Crippen LogP contribution in [-0.4, -0.2) is 92.2 Å². The van der Waals surface area contributed by atoms with Crippen LogP contribution in [0.5, 0.6) is 0 Å². The molecular weight excluding hydrogens is 449 g/mol. The summed E-state index contributed by atoms with van der Waals surface area (Å²) in [5.74, 6) is -0.0253. The lowest BCUT2D eigenvalue weighted by Gasteiger charge is -2.53. The number of piperazine rings is 1. The number of nitrogens with zero attached hydrogens (tertiary/aromatic N) is 3. The second-order valence-corrected chi connectivity index (χ2v) is 11.0. The van der Waals surface area contributed by atoms with Gasteiger partial charge in [-0.15, -0.1) is 0 Å². The lowest BCUT2D eigenvalue weighted by molar-refractivity contribution is -0.147. The van der Waals surface area contributed by atoms with Crippen LogP contribution < -0.4 is 0 Å². The highest BCUT2D eigenvalue weighted by molar-refractivity contribution is 7.88. The molecule has 0 spiro atoms. The molecule has 0 radical (unpaired) electrons. The van der Waals surface area contributed by atoms with Gasteiger partial charge in [0.2, 0.25) is 15.9 Å². The van der Waals surface area contributed by atoms with E-state index >= 15 is 0 Å². The zero-order chi connectivity index (χ0) is 21.5. The highest BCUT2D eigenvalue weighted by atomic mass is 35.5. The fraction of sp³-hybridized carbons (Fsp3) is 0.650. The molecule has 10 heteroatoms. The van der Waals surface area contributed by atoms with Gasteiger partial charge in [0.05, 0.1) is 54.1 Å². The number of hydrogen-bond donors (Lipinski definition) is 0. The van der Waals surface area contributed by atoms with Gasteiger partial charge in [-0.3, -0.25) is 9.69 Å². The molecule has 1 amide bonds. The monoisotopic (exact) mass is 475 g/mol. The van der Waals surface area contributed by atoms with Crippen LogP contribution in [0.1, 0.15) is 18.4 Å². The first-order valence-corrected chi connectivity index (χ1v) is 12.9. The Labute approximate surface area is 187 Å². The molecule has 3 fully saturated rings. The molecule has 0 saturated carbocycles. The SMILES string of the molecule is CS(=O)(=O)N1CCN(C(=O)Cc2ccc(Cl)c(Cl)c2)C2C1COC[C@@H]2N1CCCC1. The molecule has 2 unspecified atom stereocenters. The van der Waals surface area contributed by atoms with Crippen LogP contribution in [0.2, 0.25) is 10.0 Å². The summed E-state index contributed by atoms with van der Waals surface area (Å²) in [6.07, 6.45) is 3.66. The molecule has 1 aromatic carbocycles.